The summed E-state index contributed by atoms with van der Waals surface area (Å²) in [5, 5.41) is 12.6. The molecule has 2 aromatic rings. The van der Waals surface area contributed by atoms with Gasteiger partial charge in [0.25, 0.3) is 0 Å². The highest BCUT2D eigenvalue weighted by Crippen LogP contribution is 2.42. The Kier molecular flexibility index (Phi) is 7.39. The SMILES string of the molecule is Cc1ccc(C(O)(CCNC(=O)N2CCC(NS(=O)(=O)c3ccccc3)CC2)C(F)(F)F)o1. The second-order valence-electron chi connectivity index (χ2n) is 7.95. The van der Waals surface area contributed by atoms with Crippen molar-refractivity contribution in [2.24, 2.45) is 0 Å². The number of urea groups is 1. The fourth-order valence-electron chi connectivity index (χ4n) is 3.61. The number of hydrogen-bond donors (Lipinski definition) is 3. The number of likely N-dealkylation sites (tertiary alicyclic amines) is 1. The lowest BCUT2D eigenvalue weighted by atomic mass is 9.96. The summed E-state index contributed by atoms with van der Waals surface area (Å²) < 4.78 is 72.9. The predicted molar refractivity (Wildman–Crippen MR) is 113 cm³/mol. The summed E-state index contributed by atoms with van der Waals surface area (Å²) in [6.07, 6.45) is -5.09. The lowest BCUT2D eigenvalue weighted by Crippen LogP contribution is -2.50. The number of alkyl halides is 3. The van der Waals surface area contributed by atoms with Crippen molar-refractivity contribution in [2.75, 3.05) is 19.6 Å². The molecule has 33 heavy (non-hydrogen) atoms. The van der Waals surface area contributed by atoms with Crippen LogP contribution in [0.5, 0.6) is 0 Å². The van der Waals surface area contributed by atoms with Crippen LogP contribution in [0.4, 0.5) is 18.0 Å². The molecule has 0 spiro atoms. The molecule has 1 saturated heterocycles. The molecule has 1 fully saturated rings. The van der Waals surface area contributed by atoms with Gasteiger partial charge in [-0.05, 0) is 44.0 Å². The topological polar surface area (TPSA) is 112 Å². The van der Waals surface area contributed by atoms with E-state index >= 15 is 0 Å². The average molecular weight is 490 g/mol. The molecule has 0 bridgehead atoms. The number of amides is 2. The minimum absolute atomic E-state index is 0.147. The first-order valence-electron chi connectivity index (χ1n) is 10.4. The number of rotatable bonds is 7. The van der Waals surface area contributed by atoms with Gasteiger partial charge in [-0.25, -0.2) is 17.9 Å². The number of aliphatic hydroxyl groups is 1. The third-order valence-corrected chi connectivity index (χ3v) is 7.07. The first-order chi connectivity index (χ1) is 15.4. The number of aryl methyl sites for hydroxylation is 1. The fourth-order valence-corrected chi connectivity index (χ4v) is 4.94. The molecule has 3 rings (SSSR count). The Hall–Kier alpha value is -2.57. The van der Waals surface area contributed by atoms with Crippen LogP contribution >= 0.6 is 0 Å². The molecule has 1 aromatic heterocycles. The maximum atomic E-state index is 13.5. The van der Waals surface area contributed by atoms with Gasteiger partial charge in [0.15, 0.2) is 0 Å². The van der Waals surface area contributed by atoms with Crippen LogP contribution < -0.4 is 10.0 Å². The van der Waals surface area contributed by atoms with Gasteiger partial charge in [-0.1, -0.05) is 18.2 Å². The molecule has 12 heteroatoms. The van der Waals surface area contributed by atoms with E-state index in [1.54, 1.807) is 18.2 Å². The minimum Gasteiger partial charge on any atom is -0.463 e. The van der Waals surface area contributed by atoms with Crippen LogP contribution in [0.2, 0.25) is 0 Å². The molecule has 1 atom stereocenters. The molecule has 1 aliphatic rings. The van der Waals surface area contributed by atoms with E-state index in [4.69, 9.17) is 4.42 Å². The molecule has 0 aliphatic carbocycles. The van der Waals surface area contributed by atoms with Gasteiger partial charge in [-0.2, -0.15) is 13.2 Å². The maximum Gasteiger partial charge on any atom is 0.424 e. The molecule has 1 aromatic carbocycles. The highest BCUT2D eigenvalue weighted by Gasteiger charge is 2.56. The predicted octanol–water partition coefficient (Wildman–Crippen LogP) is 2.88. The maximum absolute atomic E-state index is 13.5. The van der Waals surface area contributed by atoms with Crippen LogP contribution in [0.15, 0.2) is 51.8 Å². The smallest absolute Gasteiger partial charge is 0.424 e. The van der Waals surface area contributed by atoms with Crippen LogP contribution in [0.3, 0.4) is 0 Å². The summed E-state index contributed by atoms with van der Waals surface area (Å²) in [5.41, 5.74) is -3.22. The summed E-state index contributed by atoms with van der Waals surface area (Å²) in [6.45, 7) is 1.49. The van der Waals surface area contributed by atoms with Gasteiger partial charge in [-0.3, -0.25) is 0 Å². The first kappa shape index (κ1) is 25.1. The summed E-state index contributed by atoms with van der Waals surface area (Å²) in [4.78, 5) is 13.9. The van der Waals surface area contributed by atoms with Gasteiger partial charge in [0.1, 0.15) is 11.5 Å². The van der Waals surface area contributed by atoms with Crippen molar-refractivity contribution >= 4 is 16.1 Å². The van der Waals surface area contributed by atoms with E-state index in [1.165, 1.54) is 30.0 Å². The summed E-state index contributed by atoms with van der Waals surface area (Å²) in [6, 6.07) is 9.35. The molecule has 0 radical (unpaired) electrons. The van der Waals surface area contributed by atoms with Crippen molar-refractivity contribution < 1.29 is 35.9 Å². The van der Waals surface area contributed by atoms with Gasteiger partial charge in [0, 0.05) is 32.1 Å². The van der Waals surface area contributed by atoms with Crippen molar-refractivity contribution in [2.45, 2.75) is 48.9 Å². The summed E-state index contributed by atoms with van der Waals surface area (Å²) in [7, 11) is -3.68. The number of halogens is 3. The van der Waals surface area contributed by atoms with E-state index in [0.717, 1.165) is 6.07 Å². The Bertz CT molecular complexity index is 1050. The Morgan fingerprint density at radius 3 is 2.33 bits per heavy atom. The van der Waals surface area contributed by atoms with Crippen LogP contribution in [0, 0.1) is 6.92 Å². The number of furan rings is 1. The van der Waals surface area contributed by atoms with E-state index in [2.05, 4.69) is 10.0 Å². The molecule has 182 valence electrons. The molecular formula is C21H26F3N3O5S. The van der Waals surface area contributed by atoms with Gasteiger partial charge >= 0.3 is 12.2 Å². The van der Waals surface area contributed by atoms with Gasteiger partial charge in [0.2, 0.25) is 15.6 Å². The molecule has 1 aliphatic heterocycles. The zero-order chi connectivity index (χ0) is 24.3. The van der Waals surface area contributed by atoms with Crippen LogP contribution in [0.25, 0.3) is 0 Å². The van der Waals surface area contributed by atoms with Gasteiger partial charge < -0.3 is 19.7 Å². The molecule has 8 nitrogen and oxygen atoms in total. The number of piperidine rings is 1. The number of nitrogens with zero attached hydrogens (tertiary/aromatic N) is 1. The fraction of sp³-hybridized carbons (Fsp3) is 0.476. The highest BCUT2D eigenvalue weighted by atomic mass is 32.2. The zero-order valence-electron chi connectivity index (χ0n) is 17.9. The Balaban J connectivity index is 1.50. The molecule has 0 saturated carbocycles. The number of sulfonamides is 1. The first-order valence-corrected chi connectivity index (χ1v) is 11.9. The lowest BCUT2D eigenvalue weighted by Gasteiger charge is -2.33. The van der Waals surface area contributed by atoms with Crippen LogP contribution in [-0.4, -0.2) is 56.3 Å². The van der Waals surface area contributed by atoms with Crippen molar-refractivity contribution in [3.8, 4) is 0 Å². The highest BCUT2D eigenvalue weighted by molar-refractivity contribution is 7.89. The van der Waals surface area contributed by atoms with Gasteiger partial charge in [-0.15, -0.1) is 0 Å². The molecule has 1 unspecified atom stereocenters. The molecule has 2 amide bonds. The van der Waals surface area contributed by atoms with E-state index in [-0.39, 0.29) is 29.8 Å². The van der Waals surface area contributed by atoms with Crippen molar-refractivity contribution in [1.29, 1.82) is 0 Å². The Labute approximate surface area is 189 Å². The summed E-state index contributed by atoms with van der Waals surface area (Å²) >= 11 is 0. The van der Waals surface area contributed by atoms with E-state index in [9.17, 15) is 31.5 Å². The van der Waals surface area contributed by atoms with Crippen molar-refractivity contribution in [1.82, 2.24) is 14.9 Å². The second-order valence-corrected chi connectivity index (χ2v) is 9.66. The molecule has 2 heterocycles. The number of nitrogens with one attached hydrogen (secondary N) is 2. The monoisotopic (exact) mass is 489 g/mol. The van der Waals surface area contributed by atoms with Crippen LogP contribution in [0.1, 0.15) is 30.8 Å². The quantitative estimate of drug-likeness (QED) is 0.554. The van der Waals surface area contributed by atoms with E-state index in [1.807, 2.05) is 0 Å². The van der Waals surface area contributed by atoms with E-state index in [0.29, 0.717) is 12.8 Å². The van der Waals surface area contributed by atoms with Gasteiger partial charge in [0.05, 0.1) is 4.90 Å². The molecular weight excluding hydrogens is 463 g/mol. The summed E-state index contributed by atoms with van der Waals surface area (Å²) in [5.74, 6) is -0.407. The zero-order valence-corrected chi connectivity index (χ0v) is 18.7. The normalized spacial score (nSPS) is 17.5. The number of carbonyl (C=O) groups is 1. The Morgan fingerprint density at radius 1 is 1.15 bits per heavy atom. The van der Waals surface area contributed by atoms with E-state index < -0.39 is 46.6 Å². The Morgan fingerprint density at radius 2 is 1.79 bits per heavy atom. The second kappa shape index (κ2) is 9.74. The molecule has 3 N–H and O–H groups in total. The van der Waals surface area contributed by atoms with Crippen LogP contribution in [-0.2, 0) is 15.6 Å². The number of carbonyl (C=O) groups excluding carboxylic acids is 1. The lowest BCUT2D eigenvalue weighted by molar-refractivity contribution is -0.274. The average Bonchev–Trinajstić information content (AvgIpc) is 3.20. The largest absolute Gasteiger partial charge is 0.463 e. The van der Waals surface area contributed by atoms with Crippen molar-refractivity contribution in [3.05, 3.63) is 54.0 Å². The standard InChI is InChI=1S/C21H26F3N3O5S/c1-15-7-8-18(32-15)20(29,21(22,23)24)11-12-25-19(28)27-13-9-16(10-14-27)26-33(30,31)17-5-3-2-4-6-17/h2-8,16,26,29H,9-14H2,1H3,(H,25,28). The third kappa shape index (κ3) is 5.87. The number of hydrogen-bond acceptors (Lipinski definition) is 5. The third-order valence-electron chi connectivity index (χ3n) is 5.54. The minimum atomic E-state index is -4.99. The van der Waals surface area contributed by atoms with Crippen molar-refractivity contribution in [3.63, 3.8) is 0 Å². The number of benzene rings is 1.